The second-order valence-corrected chi connectivity index (χ2v) is 3.41. The van der Waals surface area contributed by atoms with Gasteiger partial charge in [-0.3, -0.25) is 0 Å². The van der Waals surface area contributed by atoms with Crippen molar-refractivity contribution >= 4 is 15.9 Å². The summed E-state index contributed by atoms with van der Waals surface area (Å²) in [6.07, 6.45) is 0. The Balaban J connectivity index is 2.96. The van der Waals surface area contributed by atoms with E-state index in [0.29, 0.717) is 10.0 Å². The Morgan fingerprint density at radius 1 is 1.46 bits per heavy atom. The first-order valence-corrected chi connectivity index (χ1v) is 4.52. The van der Waals surface area contributed by atoms with Gasteiger partial charge in [0.1, 0.15) is 0 Å². The molecule has 72 valence electrons. The maximum absolute atomic E-state index is 13.4. The molecule has 1 aromatic rings. The zero-order chi connectivity index (χ0) is 9.84. The van der Waals surface area contributed by atoms with E-state index in [1.54, 1.807) is 19.1 Å². The lowest BCUT2D eigenvalue weighted by Gasteiger charge is -2.09. The molecule has 4 heteroatoms. The average molecular weight is 249 g/mol. The van der Waals surface area contributed by atoms with Gasteiger partial charge in [0.25, 0.3) is 0 Å². The van der Waals surface area contributed by atoms with Crippen molar-refractivity contribution in [3.05, 3.63) is 28.0 Å². The monoisotopic (exact) mass is 248 g/mol. The summed E-state index contributed by atoms with van der Waals surface area (Å²) in [6, 6.07) is 3.42. The van der Waals surface area contributed by atoms with Crippen LogP contribution >= 0.6 is 15.9 Å². The van der Waals surface area contributed by atoms with Crippen molar-refractivity contribution in [2.45, 2.75) is 6.92 Å². The number of hydrogen-bond donors (Lipinski definition) is 0. The molecular weight excluding hydrogens is 239 g/mol. The van der Waals surface area contributed by atoms with Crippen molar-refractivity contribution in [3.63, 3.8) is 0 Å². The number of benzene rings is 1. The van der Waals surface area contributed by atoms with Gasteiger partial charge in [-0.25, -0.2) is 4.39 Å². The molecule has 0 unspecified atom stereocenters. The summed E-state index contributed by atoms with van der Waals surface area (Å²) in [6.45, 7) is 1.72. The van der Waals surface area contributed by atoms with Crippen molar-refractivity contribution < 1.29 is 13.9 Å². The quantitative estimate of drug-likeness (QED) is 0.767. The van der Waals surface area contributed by atoms with Crippen LogP contribution in [0.4, 0.5) is 4.39 Å². The molecule has 1 rings (SSSR count). The minimum Gasteiger partial charge on any atom is -0.463 e. The first-order valence-electron chi connectivity index (χ1n) is 3.73. The lowest BCUT2D eigenvalue weighted by Crippen LogP contribution is -2.02. The van der Waals surface area contributed by atoms with E-state index in [1.165, 1.54) is 7.11 Å². The van der Waals surface area contributed by atoms with Crippen molar-refractivity contribution in [1.29, 1.82) is 0 Å². The van der Waals surface area contributed by atoms with E-state index in [1.807, 2.05) is 0 Å². The Kier molecular flexibility index (Phi) is 3.69. The minimum absolute atomic E-state index is 0.0406. The van der Waals surface area contributed by atoms with Gasteiger partial charge in [-0.2, -0.15) is 0 Å². The Hall–Kier alpha value is -0.610. The van der Waals surface area contributed by atoms with Crippen molar-refractivity contribution in [2.24, 2.45) is 0 Å². The Bertz CT molecular complexity index is 302. The topological polar surface area (TPSA) is 18.5 Å². The average Bonchev–Trinajstić information content (AvgIpc) is 2.12. The molecule has 0 amide bonds. The van der Waals surface area contributed by atoms with Gasteiger partial charge in [-0.05, 0) is 34.5 Å². The highest BCUT2D eigenvalue weighted by atomic mass is 79.9. The third kappa shape index (κ3) is 2.42. The molecule has 2 nitrogen and oxygen atoms in total. The summed E-state index contributed by atoms with van der Waals surface area (Å²) in [4.78, 5) is 0. The lowest BCUT2D eigenvalue weighted by molar-refractivity contribution is 0.0476. The fourth-order valence-electron chi connectivity index (χ4n) is 0.881. The lowest BCUT2D eigenvalue weighted by atomic mass is 10.2. The van der Waals surface area contributed by atoms with Gasteiger partial charge >= 0.3 is 0 Å². The van der Waals surface area contributed by atoms with E-state index in [-0.39, 0.29) is 18.4 Å². The number of rotatable bonds is 3. The molecule has 0 bridgehead atoms. The van der Waals surface area contributed by atoms with Gasteiger partial charge in [0, 0.05) is 7.11 Å². The Morgan fingerprint density at radius 2 is 2.15 bits per heavy atom. The van der Waals surface area contributed by atoms with E-state index < -0.39 is 0 Å². The van der Waals surface area contributed by atoms with E-state index in [4.69, 9.17) is 4.74 Å². The van der Waals surface area contributed by atoms with Crippen LogP contribution in [0.1, 0.15) is 5.56 Å². The highest BCUT2D eigenvalue weighted by Crippen LogP contribution is 2.29. The van der Waals surface area contributed by atoms with Gasteiger partial charge < -0.3 is 9.47 Å². The normalized spacial score (nSPS) is 10.2. The zero-order valence-electron chi connectivity index (χ0n) is 7.43. The van der Waals surface area contributed by atoms with E-state index >= 15 is 0 Å². The van der Waals surface area contributed by atoms with Crippen LogP contribution in [0, 0.1) is 12.7 Å². The molecule has 0 saturated heterocycles. The van der Waals surface area contributed by atoms with Crippen LogP contribution in [0.15, 0.2) is 16.6 Å². The molecule has 0 radical (unpaired) electrons. The minimum atomic E-state index is -0.355. The molecule has 0 heterocycles. The molecule has 0 spiro atoms. The van der Waals surface area contributed by atoms with Gasteiger partial charge in [-0.1, -0.05) is 6.07 Å². The van der Waals surface area contributed by atoms with Crippen LogP contribution in [0.25, 0.3) is 0 Å². The van der Waals surface area contributed by atoms with E-state index in [9.17, 15) is 4.39 Å². The van der Waals surface area contributed by atoms with Crippen LogP contribution < -0.4 is 4.74 Å². The summed E-state index contributed by atoms with van der Waals surface area (Å²) >= 11 is 3.19. The SMILES string of the molecule is COCOc1c(Br)ccc(C)c1F. The number of hydrogen-bond acceptors (Lipinski definition) is 2. The first kappa shape index (κ1) is 10.5. The Labute approximate surface area is 84.8 Å². The molecular formula is C9H10BrFO2. The van der Waals surface area contributed by atoms with E-state index in [2.05, 4.69) is 20.7 Å². The second kappa shape index (κ2) is 4.58. The highest BCUT2D eigenvalue weighted by Gasteiger charge is 2.10. The molecule has 0 atom stereocenters. The first-order chi connectivity index (χ1) is 6.16. The molecule has 0 fully saturated rings. The number of methoxy groups -OCH3 is 1. The van der Waals surface area contributed by atoms with Gasteiger partial charge in [0.15, 0.2) is 18.4 Å². The molecule has 0 aliphatic carbocycles. The number of halogens is 2. The van der Waals surface area contributed by atoms with Gasteiger partial charge in [-0.15, -0.1) is 0 Å². The van der Waals surface area contributed by atoms with Gasteiger partial charge in [0.05, 0.1) is 4.47 Å². The van der Waals surface area contributed by atoms with Crippen LogP contribution in [-0.2, 0) is 4.74 Å². The van der Waals surface area contributed by atoms with Crippen LogP contribution in [0.5, 0.6) is 5.75 Å². The highest BCUT2D eigenvalue weighted by molar-refractivity contribution is 9.10. The fourth-order valence-corrected chi connectivity index (χ4v) is 1.30. The molecule has 0 saturated carbocycles. The summed E-state index contributed by atoms with van der Waals surface area (Å²) in [5, 5.41) is 0. The van der Waals surface area contributed by atoms with Crippen molar-refractivity contribution in [2.75, 3.05) is 13.9 Å². The molecule has 0 N–H and O–H groups in total. The largest absolute Gasteiger partial charge is 0.463 e. The predicted octanol–water partition coefficient (Wildman–Crippen LogP) is 2.88. The van der Waals surface area contributed by atoms with Crippen LogP contribution in [0.3, 0.4) is 0 Å². The summed E-state index contributed by atoms with van der Waals surface area (Å²) in [5.41, 5.74) is 0.550. The van der Waals surface area contributed by atoms with Crippen LogP contribution in [-0.4, -0.2) is 13.9 Å². The maximum atomic E-state index is 13.4. The second-order valence-electron chi connectivity index (χ2n) is 2.56. The molecule has 0 aliphatic heterocycles. The number of ether oxygens (including phenoxy) is 2. The molecule has 13 heavy (non-hydrogen) atoms. The number of aryl methyl sites for hydroxylation is 1. The maximum Gasteiger partial charge on any atom is 0.188 e. The van der Waals surface area contributed by atoms with E-state index in [0.717, 1.165) is 0 Å². The standard InChI is InChI=1S/C9H10BrFO2/c1-6-3-4-7(10)9(8(6)11)13-5-12-2/h3-4H,5H2,1-2H3. The predicted molar refractivity (Wildman–Crippen MR) is 51.3 cm³/mol. The molecule has 1 aromatic carbocycles. The smallest absolute Gasteiger partial charge is 0.188 e. The van der Waals surface area contributed by atoms with Crippen molar-refractivity contribution in [3.8, 4) is 5.75 Å². The van der Waals surface area contributed by atoms with Gasteiger partial charge in [0.2, 0.25) is 0 Å². The summed E-state index contributed by atoms with van der Waals surface area (Å²) in [7, 11) is 1.49. The van der Waals surface area contributed by atoms with Crippen molar-refractivity contribution in [1.82, 2.24) is 0 Å². The van der Waals surface area contributed by atoms with Crippen LogP contribution in [0.2, 0.25) is 0 Å². The molecule has 0 aliphatic rings. The zero-order valence-corrected chi connectivity index (χ0v) is 9.02. The third-order valence-electron chi connectivity index (χ3n) is 1.56. The Morgan fingerprint density at radius 3 is 2.77 bits per heavy atom. The third-order valence-corrected chi connectivity index (χ3v) is 2.19. The fraction of sp³-hybridized carbons (Fsp3) is 0.333. The summed E-state index contributed by atoms with van der Waals surface area (Å²) in [5.74, 6) is -0.159. The summed E-state index contributed by atoms with van der Waals surface area (Å²) < 4.78 is 23.7. The molecule has 0 aromatic heterocycles.